The number of nitrogens with zero attached hydrogens (tertiary/aromatic N) is 3. The van der Waals surface area contributed by atoms with Crippen molar-refractivity contribution in [1.82, 2.24) is 9.47 Å². The van der Waals surface area contributed by atoms with Gasteiger partial charge in [0.15, 0.2) is 0 Å². The fraction of sp³-hybridized carbons (Fsp3) is 0.636. The second-order valence-electron chi connectivity index (χ2n) is 4.80. The van der Waals surface area contributed by atoms with E-state index in [1.807, 2.05) is 36.6 Å². The Bertz CT molecular complexity index is 403. The predicted octanol–water partition coefficient (Wildman–Crippen LogP) is -2.60. The lowest BCUT2D eigenvalue weighted by molar-refractivity contribution is -0.670. The van der Waals surface area contributed by atoms with Crippen LogP contribution in [0.2, 0.25) is 0 Å². The summed E-state index contributed by atoms with van der Waals surface area (Å²) in [4.78, 5) is 13.9. The molecule has 0 N–H and O–H groups in total. The third kappa shape index (κ3) is 3.41. The fourth-order valence-electron chi connectivity index (χ4n) is 1.91. The highest BCUT2D eigenvalue weighted by Crippen LogP contribution is 2.16. The van der Waals surface area contributed by atoms with Gasteiger partial charge in [-0.05, 0) is 13.8 Å². The molecule has 96 valence electrons. The van der Waals surface area contributed by atoms with Crippen molar-refractivity contribution in [3.63, 3.8) is 0 Å². The normalized spacial score (nSPS) is 18.6. The zero-order valence-corrected chi connectivity index (χ0v) is 12.5. The summed E-state index contributed by atoms with van der Waals surface area (Å²) in [7, 11) is 1.90. The third-order valence-electron chi connectivity index (χ3n) is 2.69. The maximum Gasteiger partial charge on any atom is 0.415 e. The van der Waals surface area contributed by atoms with Crippen molar-refractivity contribution in [1.29, 1.82) is 0 Å². The van der Waals surface area contributed by atoms with Crippen LogP contribution >= 0.6 is 0 Å². The van der Waals surface area contributed by atoms with Crippen LogP contribution in [0.25, 0.3) is 0 Å². The minimum absolute atomic E-state index is 0. The largest absolute Gasteiger partial charge is 1.00 e. The highest BCUT2D eigenvalue weighted by atomic mass is 127. The first-order chi connectivity index (χ1) is 7.48. The van der Waals surface area contributed by atoms with E-state index < -0.39 is 0 Å². The van der Waals surface area contributed by atoms with Crippen molar-refractivity contribution in [2.75, 3.05) is 19.7 Å². The number of rotatable bonds is 0. The summed E-state index contributed by atoms with van der Waals surface area (Å²) in [5.74, 6) is 0. The van der Waals surface area contributed by atoms with Crippen molar-refractivity contribution in [3.05, 3.63) is 18.7 Å². The lowest BCUT2D eigenvalue weighted by atomic mass is 10.1. The molecular weight excluding hydrogens is 333 g/mol. The molecule has 0 saturated carbocycles. The van der Waals surface area contributed by atoms with Crippen LogP contribution in [0.1, 0.15) is 13.8 Å². The molecule has 17 heavy (non-hydrogen) atoms. The Morgan fingerprint density at radius 1 is 1.47 bits per heavy atom. The SMILES string of the molecule is C[n+]1ccn(C(=O)N2CCOC(C)(C)C2)c1.[I-]. The average Bonchev–Trinajstić information content (AvgIpc) is 2.62. The van der Waals surface area contributed by atoms with Gasteiger partial charge in [-0.15, -0.1) is 0 Å². The number of morpholine rings is 1. The monoisotopic (exact) mass is 351 g/mol. The Balaban J connectivity index is 0.00000144. The van der Waals surface area contributed by atoms with Gasteiger partial charge in [0.05, 0.1) is 25.8 Å². The van der Waals surface area contributed by atoms with E-state index in [4.69, 9.17) is 4.74 Å². The molecule has 5 nitrogen and oxygen atoms in total. The molecular formula is C11H18IN3O2. The number of ether oxygens (including phenoxy) is 1. The van der Waals surface area contributed by atoms with E-state index in [0.29, 0.717) is 19.7 Å². The van der Waals surface area contributed by atoms with Crippen LogP contribution < -0.4 is 28.5 Å². The van der Waals surface area contributed by atoms with E-state index in [-0.39, 0.29) is 35.6 Å². The molecule has 0 atom stereocenters. The fourth-order valence-corrected chi connectivity index (χ4v) is 1.91. The number of hydrogen-bond donors (Lipinski definition) is 0. The van der Waals surface area contributed by atoms with E-state index in [1.165, 1.54) is 0 Å². The first-order valence-corrected chi connectivity index (χ1v) is 5.44. The summed E-state index contributed by atoms with van der Waals surface area (Å²) in [6.07, 6.45) is 5.39. The van der Waals surface area contributed by atoms with Crippen LogP contribution in [0.4, 0.5) is 4.79 Å². The van der Waals surface area contributed by atoms with Crippen LogP contribution in [0, 0.1) is 0 Å². The highest BCUT2D eigenvalue weighted by molar-refractivity contribution is 5.76. The second kappa shape index (κ2) is 5.34. The number of halogens is 1. The number of carbonyl (C=O) groups excluding carboxylic acids is 1. The van der Waals surface area contributed by atoms with Gasteiger partial charge >= 0.3 is 6.03 Å². The van der Waals surface area contributed by atoms with Gasteiger partial charge in [-0.25, -0.2) is 9.36 Å². The molecule has 0 unspecified atom stereocenters. The molecule has 0 spiro atoms. The number of carbonyl (C=O) groups is 1. The summed E-state index contributed by atoms with van der Waals surface area (Å²) in [6.45, 7) is 5.90. The molecule has 1 aliphatic rings. The van der Waals surface area contributed by atoms with Gasteiger partial charge in [0.2, 0.25) is 0 Å². The average molecular weight is 351 g/mol. The molecule has 6 heteroatoms. The van der Waals surface area contributed by atoms with Crippen LogP contribution in [-0.4, -0.2) is 40.8 Å². The minimum atomic E-state index is -0.247. The van der Waals surface area contributed by atoms with Gasteiger partial charge in [0.25, 0.3) is 6.33 Å². The van der Waals surface area contributed by atoms with Crippen LogP contribution in [-0.2, 0) is 11.8 Å². The molecule has 2 heterocycles. The number of amides is 1. The summed E-state index contributed by atoms with van der Waals surface area (Å²) >= 11 is 0. The Morgan fingerprint density at radius 2 is 2.18 bits per heavy atom. The lowest BCUT2D eigenvalue weighted by Crippen LogP contribution is -3.00. The minimum Gasteiger partial charge on any atom is -1.00 e. The smallest absolute Gasteiger partial charge is 0.415 e. The number of aromatic nitrogens is 2. The molecule has 1 amide bonds. The molecule has 0 bridgehead atoms. The Labute approximate surface area is 118 Å². The first kappa shape index (κ1) is 14.4. The standard InChI is InChI=1S/C11H18N3O2.HI/c1-11(2)8-13(6-7-16-11)10(15)14-5-4-12(3)9-14;/h4-5,9H,6-8H2,1-3H3;1H/q+1;/p-1. The Kier molecular flexibility index (Phi) is 4.54. The van der Waals surface area contributed by atoms with E-state index in [1.54, 1.807) is 17.1 Å². The highest BCUT2D eigenvalue weighted by Gasteiger charge is 2.32. The van der Waals surface area contributed by atoms with Crippen molar-refractivity contribution in [3.8, 4) is 0 Å². The topological polar surface area (TPSA) is 38.3 Å². The summed E-state index contributed by atoms with van der Waals surface area (Å²) in [6, 6.07) is 0.0111. The van der Waals surface area contributed by atoms with Gasteiger partial charge in [-0.1, -0.05) is 0 Å². The van der Waals surface area contributed by atoms with E-state index in [2.05, 4.69) is 0 Å². The van der Waals surface area contributed by atoms with Crippen LogP contribution in [0.15, 0.2) is 18.7 Å². The van der Waals surface area contributed by atoms with Gasteiger partial charge < -0.3 is 28.7 Å². The summed E-state index contributed by atoms with van der Waals surface area (Å²) < 4.78 is 9.03. The predicted molar refractivity (Wildman–Crippen MR) is 58.0 cm³/mol. The molecule has 1 aromatic heterocycles. The number of aryl methyl sites for hydroxylation is 1. The Hall–Kier alpha value is -0.630. The van der Waals surface area contributed by atoms with Crippen LogP contribution in [0.5, 0.6) is 0 Å². The number of imidazole rings is 1. The van der Waals surface area contributed by atoms with Gasteiger partial charge in [0.1, 0.15) is 12.4 Å². The van der Waals surface area contributed by atoms with E-state index in [0.717, 1.165) is 0 Å². The molecule has 0 radical (unpaired) electrons. The molecule has 1 aromatic rings. The van der Waals surface area contributed by atoms with Crippen molar-refractivity contribution in [2.45, 2.75) is 19.4 Å². The molecule has 1 saturated heterocycles. The third-order valence-corrected chi connectivity index (χ3v) is 2.69. The van der Waals surface area contributed by atoms with Gasteiger partial charge in [-0.3, -0.25) is 4.90 Å². The van der Waals surface area contributed by atoms with E-state index >= 15 is 0 Å². The number of hydrogen-bond acceptors (Lipinski definition) is 2. The van der Waals surface area contributed by atoms with Crippen molar-refractivity contribution >= 4 is 6.03 Å². The Morgan fingerprint density at radius 3 is 2.71 bits per heavy atom. The lowest BCUT2D eigenvalue weighted by Gasteiger charge is -2.36. The maximum absolute atomic E-state index is 12.1. The molecule has 0 aromatic carbocycles. The van der Waals surface area contributed by atoms with Crippen molar-refractivity contribution in [2.24, 2.45) is 7.05 Å². The second-order valence-corrected chi connectivity index (χ2v) is 4.80. The van der Waals surface area contributed by atoms with E-state index in [9.17, 15) is 4.79 Å². The molecule has 2 rings (SSSR count). The first-order valence-electron chi connectivity index (χ1n) is 5.44. The van der Waals surface area contributed by atoms with Gasteiger partial charge in [0, 0.05) is 6.54 Å². The quantitative estimate of drug-likeness (QED) is 0.380. The zero-order valence-electron chi connectivity index (χ0n) is 10.4. The summed E-state index contributed by atoms with van der Waals surface area (Å²) in [5, 5.41) is 0. The molecule has 1 fully saturated rings. The molecule has 0 aliphatic carbocycles. The zero-order chi connectivity index (χ0) is 11.8. The van der Waals surface area contributed by atoms with Crippen molar-refractivity contribution < 1.29 is 38.1 Å². The van der Waals surface area contributed by atoms with Gasteiger partial charge in [-0.2, -0.15) is 4.57 Å². The maximum atomic E-state index is 12.1. The summed E-state index contributed by atoms with van der Waals surface area (Å²) in [5.41, 5.74) is -0.247. The molecule has 1 aliphatic heterocycles. The van der Waals surface area contributed by atoms with Crippen LogP contribution in [0.3, 0.4) is 0 Å².